The lowest BCUT2D eigenvalue weighted by molar-refractivity contribution is 0.0696. The number of aryl methyl sites for hydroxylation is 1. The highest BCUT2D eigenvalue weighted by atomic mass is 35.5. The maximum atomic E-state index is 11.3. The van der Waals surface area contributed by atoms with Crippen LogP contribution in [0.5, 0.6) is 5.75 Å². The fourth-order valence-electron chi connectivity index (χ4n) is 4.24. The van der Waals surface area contributed by atoms with Crippen LogP contribution in [0.4, 0.5) is 0 Å². The zero-order valence-electron chi connectivity index (χ0n) is 17.8. The molecule has 4 rings (SSSR count). The van der Waals surface area contributed by atoms with Crippen molar-refractivity contribution in [2.45, 2.75) is 31.4 Å². The maximum Gasteiger partial charge on any atom is 0.335 e. The lowest BCUT2D eigenvalue weighted by Crippen LogP contribution is -2.37. The second-order valence-corrected chi connectivity index (χ2v) is 8.56. The van der Waals surface area contributed by atoms with E-state index in [1.807, 2.05) is 12.1 Å². The van der Waals surface area contributed by atoms with E-state index >= 15 is 0 Å². The van der Waals surface area contributed by atoms with E-state index in [4.69, 9.17) is 16.3 Å². The molecule has 0 unspecified atom stereocenters. The molecule has 5 nitrogen and oxygen atoms in total. The summed E-state index contributed by atoms with van der Waals surface area (Å²) in [5, 5.41) is 23.9. The molecule has 166 valence electrons. The number of fused-ring (bicyclic) bond motifs is 1. The first kappa shape index (κ1) is 22.3. The summed E-state index contributed by atoms with van der Waals surface area (Å²) in [5.41, 5.74) is 5.50. The van der Waals surface area contributed by atoms with Crippen molar-refractivity contribution in [3.05, 3.63) is 87.9 Å². The molecular formula is C26H26ClNO4. The van der Waals surface area contributed by atoms with Gasteiger partial charge in [0.2, 0.25) is 0 Å². The number of halogens is 1. The fraction of sp³-hybridized carbons (Fsp3) is 0.269. The molecule has 3 N–H and O–H groups in total. The molecule has 0 radical (unpaired) electrons. The number of rotatable bonds is 7. The molecule has 3 aromatic rings. The fourth-order valence-corrected chi connectivity index (χ4v) is 4.37. The number of aliphatic hydroxyl groups excluding tert-OH is 1. The topological polar surface area (TPSA) is 78.8 Å². The van der Waals surface area contributed by atoms with Crippen LogP contribution < -0.4 is 10.1 Å². The molecule has 0 spiro atoms. The van der Waals surface area contributed by atoms with Crippen LogP contribution in [0.1, 0.15) is 39.6 Å². The van der Waals surface area contributed by atoms with Crippen LogP contribution in [-0.4, -0.2) is 35.9 Å². The monoisotopic (exact) mass is 451 g/mol. The predicted octanol–water partition coefficient (Wildman–Crippen LogP) is 4.89. The van der Waals surface area contributed by atoms with Gasteiger partial charge in [0.25, 0.3) is 0 Å². The van der Waals surface area contributed by atoms with Gasteiger partial charge in [-0.15, -0.1) is 0 Å². The number of nitrogens with one attached hydrogen (secondary N) is 1. The van der Waals surface area contributed by atoms with Gasteiger partial charge in [0.15, 0.2) is 0 Å². The van der Waals surface area contributed by atoms with Crippen LogP contribution >= 0.6 is 11.6 Å². The summed E-state index contributed by atoms with van der Waals surface area (Å²) in [5.74, 6) is -0.434. The van der Waals surface area contributed by atoms with E-state index in [1.54, 1.807) is 37.4 Å². The van der Waals surface area contributed by atoms with Gasteiger partial charge in [0.05, 0.1) is 18.8 Å². The van der Waals surface area contributed by atoms with Crippen molar-refractivity contribution in [1.82, 2.24) is 5.32 Å². The van der Waals surface area contributed by atoms with Crippen LogP contribution in [0.25, 0.3) is 11.1 Å². The van der Waals surface area contributed by atoms with Crippen molar-refractivity contribution in [3.63, 3.8) is 0 Å². The number of aliphatic hydroxyl groups is 1. The number of carboxylic acid groups (broad SMARTS) is 1. The number of carbonyl (C=O) groups is 1. The summed E-state index contributed by atoms with van der Waals surface area (Å²) in [6.07, 6.45) is 2.26. The van der Waals surface area contributed by atoms with Crippen molar-refractivity contribution in [1.29, 1.82) is 0 Å². The Morgan fingerprint density at radius 3 is 2.62 bits per heavy atom. The van der Waals surface area contributed by atoms with E-state index in [0.29, 0.717) is 17.3 Å². The molecule has 6 heteroatoms. The standard InChI is InChI=1S/C26H26ClNO4/c1-32-25-14-19(26(30)31)7-11-23(25)18-3-2-16-6-10-22(13-20(16)12-18)28-15-24(29)17-4-8-21(27)9-5-17/h2-5,7-9,11-12,14,22,24,28-29H,6,10,13,15H2,1H3,(H,30,31)/t22-,24+/m0/s1. The average Bonchev–Trinajstić information content (AvgIpc) is 2.82. The van der Waals surface area contributed by atoms with Crippen LogP contribution in [0.2, 0.25) is 5.02 Å². The second kappa shape index (κ2) is 9.74. The van der Waals surface area contributed by atoms with Crippen molar-refractivity contribution in [2.75, 3.05) is 13.7 Å². The van der Waals surface area contributed by atoms with Crippen molar-refractivity contribution < 1.29 is 19.7 Å². The van der Waals surface area contributed by atoms with Gasteiger partial charge in [0.1, 0.15) is 5.75 Å². The second-order valence-electron chi connectivity index (χ2n) is 8.12. The Morgan fingerprint density at radius 2 is 1.91 bits per heavy atom. The summed E-state index contributed by atoms with van der Waals surface area (Å²) >= 11 is 5.93. The van der Waals surface area contributed by atoms with Crippen LogP contribution in [-0.2, 0) is 12.8 Å². The lowest BCUT2D eigenvalue weighted by atomic mass is 9.86. The van der Waals surface area contributed by atoms with E-state index in [9.17, 15) is 15.0 Å². The average molecular weight is 452 g/mol. The molecule has 3 aromatic carbocycles. The van der Waals surface area contributed by atoms with E-state index in [1.165, 1.54) is 11.1 Å². The summed E-state index contributed by atoms with van der Waals surface area (Å²) in [6.45, 7) is 0.478. The number of hydrogen-bond donors (Lipinski definition) is 3. The highest BCUT2D eigenvalue weighted by Gasteiger charge is 2.21. The molecular weight excluding hydrogens is 426 g/mol. The third-order valence-electron chi connectivity index (χ3n) is 6.05. The van der Waals surface area contributed by atoms with Gasteiger partial charge in [-0.25, -0.2) is 4.79 Å². The summed E-state index contributed by atoms with van der Waals surface area (Å²) in [6, 6.07) is 18.9. The van der Waals surface area contributed by atoms with Gasteiger partial charge in [0, 0.05) is 23.2 Å². The summed E-state index contributed by atoms with van der Waals surface area (Å²) in [4.78, 5) is 11.3. The summed E-state index contributed by atoms with van der Waals surface area (Å²) in [7, 11) is 1.55. The minimum atomic E-state index is -0.977. The molecule has 1 aliphatic rings. The molecule has 1 aliphatic carbocycles. The zero-order chi connectivity index (χ0) is 22.7. The molecule has 0 bridgehead atoms. The van der Waals surface area contributed by atoms with Gasteiger partial charge >= 0.3 is 5.97 Å². The molecule has 0 aromatic heterocycles. The van der Waals surface area contributed by atoms with E-state index in [2.05, 4.69) is 23.5 Å². The quantitative estimate of drug-likeness (QED) is 0.476. The number of hydrogen-bond acceptors (Lipinski definition) is 4. The van der Waals surface area contributed by atoms with Gasteiger partial charge in [-0.3, -0.25) is 0 Å². The third-order valence-corrected chi connectivity index (χ3v) is 6.30. The number of methoxy groups -OCH3 is 1. The van der Waals surface area contributed by atoms with E-state index in [0.717, 1.165) is 36.0 Å². The highest BCUT2D eigenvalue weighted by molar-refractivity contribution is 6.30. The van der Waals surface area contributed by atoms with Crippen molar-refractivity contribution >= 4 is 17.6 Å². The molecule has 2 atom stereocenters. The molecule has 0 saturated heterocycles. The van der Waals surface area contributed by atoms with Gasteiger partial charge in [-0.1, -0.05) is 41.9 Å². The SMILES string of the molecule is COc1cc(C(=O)O)ccc1-c1ccc2c(c1)C[C@@H](NC[C@@H](O)c1ccc(Cl)cc1)CC2. The largest absolute Gasteiger partial charge is 0.496 e. The van der Waals surface area contributed by atoms with Crippen molar-refractivity contribution in [2.24, 2.45) is 0 Å². The Kier molecular flexibility index (Phi) is 6.80. The van der Waals surface area contributed by atoms with Crippen molar-refractivity contribution in [3.8, 4) is 16.9 Å². The van der Waals surface area contributed by atoms with E-state index in [-0.39, 0.29) is 11.6 Å². The first-order chi connectivity index (χ1) is 15.4. The number of carboxylic acids is 1. The molecule has 0 aliphatic heterocycles. The zero-order valence-corrected chi connectivity index (χ0v) is 18.6. The normalized spacial score (nSPS) is 16.3. The van der Waals surface area contributed by atoms with Gasteiger partial charge in [-0.2, -0.15) is 0 Å². The number of ether oxygens (including phenoxy) is 1. The van der Waals surface area contributed by atoms with Gasteiger partial charge in [-0.05, 0) is 71.8 Å². The molecule has 0 amide bonds. The highest BCUT2D eigenvalue weighted by Crippen LogP contribution is 2.34. The molecule has 0 fully saturated rings. The van der Waals surface area contributed by atoms with E-state index < -0.39 is 12.1 Å². The Morgan fingerprint density at radius 1 is 1.12 bits per heavy atom. The first-order valence-corrected chi connectivity index (χ1v) is 11.0. The van der Waals surface area contributed by atoms with Crippen LogP contribution in [0.3, 0.4) is 0 Å². The smallest absolute Gasteiger partial charge is 0.335 e. The summed E-state index contributed by atoms with van der Waals surface area (Å²) < 4.78 is 5.46. The first-order valence-electron chi connectivity index (χ1n) is 10.6. The number of benzene rings is 3. The number of aromatic carboxylic acids is 1. The molecule has 0 saturated carbocycles. The Bertz CT molecular complexity index is 1110. The minimum Gasteiger partial charge on any atom is -0.496 e. The van der Waals surface area contributed by atoms with Gasteiger partial charge < -0.3 is 20.3 Å². The molecule has 32 heavy (non-hydrogen) atoms. The minimum absolute atomic E-state index is 0.201. The van der Waals surface area contributed by atoms with Crippen LogP contribution in [0, 0.1) is 0 Å². The maximum absolute atomic E-state index is 11.3. The lowest BCUT2D eigenvalue weighted by Gasteiger charge is -2.27. The van der Waals surface area contributed by atoms with Crippen LogP contribution in [0.15, 0.2) is 60.7 Å². The predicted molar refractivity (Wildman–Crippen MR) is 126 cm³/mol. The Labute approximate surface area is 192 Å². The Balaban J connectivity index is 1.47. The Hall–Kier alpha value is -2.86. The third kappa shape index (κ3) is 4.96. The molecule has 0 heterocycles.